The Morgan fingerprint density at radius 1 is 1.18 bits per heavy atom. The lowest BCUT2D eigenvalue weighted by Gasteiger charge is -2.18. The summed E-state index contributed by atoms with van der Waals surface area (Å²) in [7, 11) is 0. The molecule has 0 aliphatic heterocycles. The van der Waals surface area contributed by atoms with Gasteiger partial charge in [0.15, 0.2) is 5.82 Å². The van der Waals surface area contributed by atoms with E-state index in [9.17, 15) is 19.7 Å². The smallest absolute Gasteiger partial charge is 0.307 e. The topological polar surface area (TPSA) is 137 Å². The molecular weight excluding hydrogens is 440 g/mol. The first-order chi connectivity index (χ1) is 16.0. The fourth-order valence-corrected chi connectivity index (χ4v) is 3.06. The van der Waals surface area contributed by atoms with Crippen LogP contribution >= 0.6 is 0 Å². The van der Waals surface area contributed by atoms with Crippen molar-refractivity contribution in [1.29, 1.82) is 0 Å². The summed E-state index contributed by atoms with van der Waals surface area (Å²) in [5.41, 5.74) is 0.565. The number of nitrogens with one attached hydrogen (secondary N) is 1. The van der Waals surface area contributed by atoms with E-state index in [1.807, 2.05) is 20.8 Å². The average Bonchev–Trinajstić information content (AvgIpc) is 3.27. The number of hydrogen-bond acceptors (Lipinski definition) is 8. The van der Waals surface area contributed by atoms with Crippen molar-refractivity contribution in [3.05, 3.63) is 81.5 Å². The van der Waals surface area contributed by atoms with Crippen molar-refractivity contribution >= 4 is 23.3 Å². The van der Waals surface area contributed by atoms with Gasteiger partial charge in [-0.25, -0.2) is 0 Å². The van der Waals surface area contributed by atoms with Crippen LogP contribution in [0.5, 0.6) is 0 Å². The highest BCUT2D eigenvalue weighted by Crippen LogP contribution is 2.28. The number of aryl methyl sites for hydroxylation is 2. The summed E-state index contributed by atoms with van der Waals surface area (Å²) in [6.45, 7) is 7.53. The molecule has 3 rings (SSSR count). The quantitative estimate of drug-likeness (QED) is 0.292. The van der Waals surface area contributed by atoms with Crippen molar-refractivity contribution in [2.75, 3.05) is 5.32 Å². The van der Waals surface area contributed by atoms with Gasteiger partial charge in [0.2, 0.25) is 12.0 Å². The van der Waals surface area contributed by atoms with Crippen LogP contribution in [0.25, 0.3) is 0 Å². The van der Waals surface area contributed by atoms with E-state index in [2.05, 4.69) is 15.5 Å². The molecule has 1 amide bonds. The number of nitro groups is 1. The Balaban J connectivity index is 1.74. The summed E-state index contributed by atoms with van der Waals surface area (Å²) < 4.78 is 10.7. The largest absolute Gasteiger partial charge is 0.447 e. The lowest BCUT2D eigenvalue weighted by molar-refractivity contribution is -0.384. The van der Waals surface area contributed by atoms with Gasteiger partial charge >= 0.3 is 5.97 Å². The molecule has 1 aromatic heterocycles. The Morgan fingerprint density at radius 2 is 1.88 bits per heavy atom. The van der Waals surface area contributed by atoms with Gasteiger partial charge in [-0.1, -0.05) is 62.3 Å². The maximum absolute atomic E-state index is 13.0. The molecule has 1 heterocycles. The minimum atomic E-state index is -1.30. The van der Waals surface area contributed by atoms with E-state index in [1.165, 1.54) is 12.1 Å². The first-order valence-corrected chi connectivity index (χ1v) is 10.7. The zero-order chi connectivity index (χ0) is 24.9. The highest BCUT2D eigenvalue weighted by atomic mass is 16.6. The zero-order valence-electron chi connectivity index (χ0n) is 19.4. The van der Waals surface area contributed by atoms with Crippen molar-refractivity contribution in [2.24, 2.45) is 0 Å². The van der Waals surface area contributed by atoms with Crippen molar-refractivity contribution in [3.8, 4) is 0 Å². The van der Waals surface area contributed by atoms with Crippen LogP contribution < -0.4 is 5.32 Å². The van der Waals surface area contributed by atoms with Gasteiger partial charge in [-0.3, -0.25) is 19.7 Å². The predicted octanol–water partition coefficient (Wildman–Crippen LogP) is 4.44. The number of aromatic nitrogens is 2. The van der Waals surface area contributed by atoms with Crippen LogP contribution in [-0.4, -0.2) is 26.9 Å². The highest BCUT2D eigenvalue weighted by Gasteiger charge is 2.28. The maximum Gasteiger partial charge on any atom is 0.307 e. The number of amides is 1. The molecule has 3 aromatic rings. The lowest BCUT2D eigenvalue weighted by Crippen LogP contribution is -2.26. The number of anilines is 1. The Labute approximate surface area is 196 Å². The van der Waals surface area contributed by atoms with E-state index in [0.717, 1.165) is 0 Å². The van der Waals surface area contributed by atoms with Gasteiger partial charge in [0, 0.05) is 23.5 Å². The summed E-state index contributed by atoms with van der Waals surface area (Å²) in [5, 5.41) is 17.8. The van der Waals surface area contributed by atoms with Crippen LogP contribution in [0.4, 0.5) is 11.4 Å². The molecule has 10 heteroatoms. The van der Waals surface area contributed by atoms with Gasteiger partial charge < -0.3 is 14.6 Å². The molecule has 34 heavy (non-hydrogen) atoms. The van der Waals surface area contributed by atoms with Crippen molar-refractivity contribution in [1.82, 2.24) is 10.1 Å². The molecule has 178 valence electrons. The molecular formula is C24H26N4O6. The standard InChI is InChI=1S/C24H26N4O6/c1-15-10-11-17(18(14-15)28(31)32)25-22(30)21(16-8-6-5-7-9-16)33-20(29)13-12-19-26-23(27-34-19)24(2,3)4/h5-11,14,21H,12-13H2,1-4H3,(H,25,30)/t21-/m0/s1. The van der Waals surface area contributed by atoms with Gasteiger partial charge in [-0.05, 0) is 18.6 Å². The van der Waals surface area contributed by atoms with Gasteiger partial charge in [-0.15, -0.1) is 0 Å². The number of rotatable bonds is 8. The Kier molecular flexibility index (Phi) is 7.40. The van der Waals surface area contributed by atoms with Gasteiger partial charge in [0.1, 0.15) is 5.69 Å². The van der Waals surface area contributed by atoms with Gasteiger partial charge in [0.25, 0.3) is 11.6 Å². The number of nitrogens with zero attached hydrogens (tertiary/aromatic N) is 3. The number of carbonyl (C=O) groups is 2. The second kappa shape index (κ2) is 10.2. The third-order valence-corrected chi connectivity index (χ3v) is 4.88. The van der Waals surface area contributed by atoms with E-state index in [0.29, 0.717) is 17.0 Å². The predicted molar refractivity (Wildman–Crippen MR) is 123 cm³/mol. The molecule has 0 spiro atoms. The first-order valence-electron chi connectivity index (χ1n) is 10.7. The second-order valence-electron chi connectivity index (χ2n) is 8.81. The summed E-state index contributed by atoms with van der Waals surface area (Å²) in [5.74, 6) is -0.549. The molecule has 0 aliphatic rings. The third kappa shape index (κ3) is 6.25. The Bertz CT molecular complexity index is 1180. The minimum Gasteiger partial charge on any atom is -0.447 e. The van der Waals surface area contributed by atoms with Crippen molar-refractivity contribution in [2.45, 2.75) is 52.1 Å². The first kappa shape index (κ1) is 24.6. The monoisotopic (exact) mass is 466 g/mol. The number of esters is 1. The molecule has 0 saturated heterocycles. The van der Waals surface area contributed by atoms with Gasteiger partial charge in [-0.2, -0.15) is 4.98 Å². The van der Waals surface area contributed by atoms with Gasteiger partial charge in [0.05, 0.1) is 11.3 Å². The number of hydrogen-bond donors (Lipinski definition) is 1. The number of ether oxygens (including phenoxy) is 1. The highest BCUT2D eigenvalue weighted by molar-refractivity contribution is 5.97. The number of nitro benzene ring substituents is 1. The molecule has 0 saturated carbocycles. The maximum atomic E-state index is 13.0. The van der Waals surface area contributed by atoms with Crippen molar-refractivity contribution in [3.63, 3.8) is 0 Å². The molecule has 0 unspecified atom stereocenters. The zero-order valence-corrected chi connectivity index (χ0v) is 19.4. The third-order valence-electron chi connectivity index (χ3n) is 4.88. The molecule has 2 aromatic carbocycles. The summed E-state index contributed by atoms with van der Waals surface area (Å²) >= 11 is 0. The number of benzene rings is 2. The molecule has 1 N–H and O–H groups in total. The summed E-state index contributed by atoms with van der Waals surface area (Å²) in [4.78, 5) is 40.7. The SMILES string of the molecule is Cc1ccc(NC(=O)[C@@H](OC(=O)CCc2nc(C(C)(C)C)no2)c2ccccc2)c([N+](=O)[O-])c1. The Morgan fingerprint density at radius 3 is 2.50 bits per heavy atom. The van der Waals surface area contributed by atoms with Crippen LogP contribution in [0.15, 0.2) is 53.1 Å². The minimum absolute atomic E-state index is 0.0122. The Hall–Kier alpha value is -4.08. The van der Waals surface area contributed by atoms with Crippen LogP contribution in [0.1, 0.15) is 56.1 Å². The summed E-state index contributed by atoms with van der Waals surface area (Å²) in [6, 6.07) is 12.9. The molecule has 1 atom stereocenters. The van der Waals surface area contributed by atoms with E-state index < -0.39 is 22.9 Å². The van der Waals surface area contributed by atoms with Crippen LogP contribution in [0.3, 0.4) is 0 Å². The summed E-state index contributed by atoms with van der Waals surface area (Å²) in [6.07, 6.45) is -1.25. The van der Waals surface area contributed by atoms with E-state index >= 15 is 0 Å². The van der Waals surface area contributed by atoms with Crippen LogP contribution in [-0.2, 0) is 26.2 Å². The fourth-order valence-electron chi connectivity index (χ4n) is 3.06. The van der Waals surface area contributed by atoms with E-state index in [-0.39, 0.29) is 35.5 Å². The molecule has 10 nitrogen and oxygen atoms in total. The average molecular weight is 466 g/mol. The lowest BCUT2D eigenvalue weighted by atomic mass is 9.96. The molecule has 0 aliphatic carbocycles. The molecule has 0 fully saturated rings. The number of carbonyl (C=O) groups excluding carboxylic acids is 2. The molecule has 0 bridgehead atoms. The second-order valence-corrected chi connectivity index (χ2v) is 8.81. The van der Waals surface area contributed by atoms with E-state index in [1.54, 1.807) is 43.3 Å². The van der Waals surface area contributed by atoms with Crippen LogP contribution in [0.2, 0.25) is 0 Å². The van der Waals surface area contributed by atoms with E-state index in [4.69, 9.17) is 9.26 Å². The normalized spacial score (nSPS) is 12.1. The van der Waals surface area contributed by atoms with Crippen molar-refractivity contribution < 1.29 is 23.8 Å². The van der Waals surface area contributed by atoms with Crippen LogP contribution in [0, 0.1) is 17.0 Å². The molecule has 0 radical (unpaired) electrons. The fraction of sp³-hybridized carbons (Fsp3) is 0.333.